The molecule has 0 aromatic rings. The number of hydrogen-bond donors (Lipinski definition) is 1. The predicted octanol–water partition coefficient (Wildman–Crippen LogP) is 1.31. The number of carbonyl (C=O) groups is 2. The van der Waals surface area contributed by atoms with Gasteiger partial charge in [0.2, 0.25) is 5.91 Å². The van der Waals surface area contributed by atoms with Gasteiger partial charge in [0.1, 0.15) is 0 Å². The molecular formula is C10H19NO3S. The van der Waals surface area contributed by atoms with Crippen molar-refractivity contribution in [1.29, 1.82) is 0 Å². The van der Waals surface area contributed by atoms with Crippen molar-refractivity contribution in [3.05, 3.63) is 0 Å². The molecular weight excluding hydrogens is 214 g/mol. The molecule has 0 aliphatic heterocycles. The van der Waals surface area contributed by atoms with E-state index >= 15 is 0 Å². The Labute approximate surface area is 95.0 Å². The Morgan fingerprint density at radius 3 is 2.47 bits per heavy atom. The van der Waals surface area contributed by atoms with Crippen LogP contribution >= 0.6 is 11.8 Å². The SMILES string of the molecule is CCN(CCC(=O)O)C(=O)C(C)CSC. The first-order valence-corrected chi connectivity index (χ1v) is 6.41. The number of carboxylic acids is 1. The van der Waals surface area contributed by atoms with Crippen molar-refractivity contribution in [3.63, 3.8) is 0 Å². The molecule has 1 amide bonds. The minimum Gasteiger partial charge on any atom is -0.481 e. The third-order valence-electron chi connectivity index (χ3n) is 2.13. The van der Waals surface area contributed by atoms with Gasteiger partial charge in [0.25, 0.3) is 0 Å². The molecule has 0 aliphatic carbocycles. The summed E-state index contributed by atoms with van der Waals surface area (Å²) in [7, 11) is 0. The zero-order chi connectivity index (χ0) is 11.8. The molecule has 15 heavy (non-hydrogen) atoms. The van der Waals surface area contributed by atoms with Gasteiger partial charge >= 0.3 is 5.97 Å². The number of nitrogens with zero attached hydrogens (tertiary/aromatic N) is 1. The summed E-state index contributed by atoms with van der Waals surface area (Å²) in [6.45, 7) is 4.63. The molecule has 0 radical (unpaired) electrons. The van der Waals surface area contributed by atoms with Crippen molar-refractivity contribution in [2.75, 3.05) is 25.1 Å². The fourth-order valence-corrected chi connectivity index (χ4v) is 1.93. The van der Waals surface area contributed by atoms with E-state index in [0.717, 1.165) is 5.75 Å². The van der Waals surface area contributed by atoms with Gasteiger partial charge in [-0.15, -0.1) is 0 Å². The average Bonchev–Trinajstić information content (AvgIpc) is 2.18. The van der Waals surface area contributed by atoms with Crippen LogP contribution in [-0.2, 0) is 9.59 Å². The molecule has 0 aliphatic rings. The molecule has 5 heteroatoms. The largest absolute Gasteiger partial charge is 0.481 e. The molecule has 1 atom stereocenters. The van der Waals surface area contributed by atoms with Crippen LogP contribution in [0, 0.1) is 5.92 Å². The molecule has 0 heterocycles. The molecule has 4 nitrogen and oxygen atoms in total. The molecule has 0 rings (SSSR count). The second kappa shape index (κ2) is 7.56. The van der Waals surface area contributed by atoms with E-state index in [4.69, 9.17) is 5.11 Å². The number of carboxylic acid groups (broad SMARTS) is 1. The first kappa shape index (κ1) is 14.3. The molecule has 1 N–H and O–H groups in total. The van der Waals surface area contributed by atoms with Crippen LogP contribution in [0.15, 0.2) is 0 Å². The van der Waals surface area contributed by atoms with Gasteiger partial charge in [0.15, 0.2) is 0 Å². The van der Waals surface area contributed by atoms with Crippen molar-refractivity contribution in [2.24, 2.45) is 5.92 Å². The second-order valence-corrected chi connectivity index (χ2v) is 4.33. The summed E-state index contributed by atoms with van der Waals surface area (Å²) in [6.07, 6.45) is 1.98. The van der Waals surface area contributed by atoms with Crippen molar-refractivity contribution < 1.29 is 14.7 Å². The minimum atomic E-state index is -0.862. The third kappa shape index (κ3) is 5.67. The zero-order valence-corrected chi connectivity index (χ0v) is 10.3. The normalized spacial score (nSPS) is 12.2. The summed E-state index contributed by atoms with van der Waals surface area (Å²) in [5, 5.41) is 8.54. The summed E-state index contributed by atoms with van der Waals surface area (Å²) < 4.78 is 0. The van der Waals surface area contributed by atoms with E-state index in [0.29, 0.717) is 13.1 Å². The van der Waals surface area contributed by atoms with E-state index in [1.165, 1.54) is 0 Å². The smallest absolute Gasteiger partial charge is 0.305 e. The third-order valence-corrected chi connectivity index (χ3v) is 2.96. The van der Waals surface area contributed by atoms with E-state index in [-0.39, 0.29) is 18.2 Å². The monoisotopic (exact) mass is 233 g/mol. The van der Waals surface area contributed by atoms with Crippen LogP contribution in [0.3, 0.4) is 0 Å². The molecule has 0 spiro atoms. The lowest BCUT2D eigenvalue weighted by Gasteiger charge is -2.23. The van der Waals surface area contributed by atoms with Gasteiger partial charge in [0.05, 0.1) is 6.42 Å². The fraction of sp³-hybridized carbons (Fsp3) is 0.800. The maximum atomic E-state index is 11.8. The highest BCUT2D eigenvalue weighted by atomic mass is 32.2. The van der Waals surface area contributed by atoms with Crippen LogP contribution in [-0.4, -0.2) is 47.0 Å². The van der Waals surface area contributed by atoms with Gasteiger partial charge in [-0.05, 0) is 13.2 Å². The number of carbonyl (C=O) groups excluding carboxylic acids is 1. The number of thioether (sulfide) groups is 1. The highest BCUT2D eigenvalue weighted by Gasteiger charge is 2.19. The van der Waals surface area contributed by atoms with Crippen LogP contribution < -0.4 is 0 Å². The maximum absolute atomic E-state index is 11.8. The average molecular weight is 233 g/mol. The topological polar surface area (TPSA) is 57.6 Å². The lowest BCUT2D eigenvalue weighted by Crippen LogP contribution is -2.37. The summed E-state index contributed by atoms with van der Waals surface area (Å²) in [4.78, 5) is 23.8. The number of aliphatic carboxylic acids is 1. The van der Waals surface area contributed by atoms with Gasteiger partial charge in [-0.1, -0.05) is 6.92 Å². The van der Waals surface area contributed by atoms with Gasteiger partial charge in [-0.2, -0.15) is 11.8 Å². The number of rotatable bonds is 7. The van der Waals surface area contributed by atoms with Gasteiger partial charge in [-0.3, -0.25) is 9.59 Å². The van der Waals surface area contributed by atoms with Crippen LogP contribution in [0.25, 0.3) is 0 Å². The van der Waals surface area contributed by atoms with Crippen molar-refractivity contribution in [1.82, 2.24) is 4.90 Å². The summed E-state index contributed by atoms with van der Waals surface area (Å²) in [5.41, 5.74) is 0. The van der Waals surface area contributed by atoms with Crippen molar-refractivity contribution in [3.8, 4) is 0 Å². The van der Waals surface area contributed by atoms with E-state index in [2.05, 4.69) is 0 Å². The van der Waals surface area contributed by atoms with Gasteiger partial charge in [-0.25, -0.2) is 0 Å². The molecule has 0 aromatic heterocycles. The second-order valence-electron chi connectivity index (χ2n) is 3.42. The van der Waals surface area contributed by atoms with Crippen molar-refractivity contribution >= 4 is 23.6 Å². The molecule has 88 valence electrons. The Kier molecular flexibility index (Phi) is 7.21. The summed E-state index contributed by atoms with van der Waals surface area (Å²) in [6, 6.07) is 0. The summed E-state index contributed by atoms with van der Waals surface area (Å²) in [5.74, 6) is -0.0665. The molecule has 0 saturated carbocycles. The highest BCUT2D eigenvalue weighted by molar-refractivity contribution is 7.98. The first-order valence-electron chi connectivity index (χ1n) is 5.02. The predicted molar refractivity (Wildman–Crippen MR) is 62.1 cm³/mol. The molecule has 0 saturated heterocycles. The maximum Gasteiger partial charge on any atom is 0.305 e. The quantitative estimate of drug-likeness (QED) is 0.720. The van der Waals surface area contributed by atoms with E-state index in [9.17, 15) is 9.59 Å². The standard InChI is InChI=1S/C10H19NO3S/c1-4-11(6-5-9(12)13)10(14)8(2)7-15-3/h8H,4-7H2,1-3H3,(H,12,13). The first-order chi connectivity index (χ1) is 7.02. The van der Waals surface area contributed by atoms with E-state index in [1.54, 1.807) is 16.7 Å². The lowest BCUT2D eigenvalue weighted by atomic mass is 10.2. The Morgan fingerprint density at radius 2 is 2.07 bits per heavy atom. The number of amides is 1. The Morgan fingerprint density at radius 1 is 1.47 bits per heavy atom. The lowest BCUT2D eigenvalue weighted by molar-refractivity contribution is -0.139. The van der Waals surface area contributed by atoms with Crippen LogP contribution in [0.5, 0.6) is 0 Å². The molecule has 1 unspecified atom stereocenters. The van der Waals surface area contributed by atoms with Gasteiger partial charge in [0, 0.05) is 24.8 Å². The van der Waals surface area contributed by atoms with Gasteiger partial charge < -0.3 is 10.0 Å². The Balaban J connectivity index is 4.14. The Hall–Kier alpha value is -0.710. The zero-order valence-electron chi connectivity index (χ0n) is 9.52. The number of hydrogen-bond acceptors (Lipinski definition) is 3. The molecule has 0 aromatic carbocycles. The van der Waals surface area contributed by atoms with Crippen LogP contribution in [0.1, 0.15) is 20.3 Å². The molecule has 0 fully saturated rings. The van der Waals surface area contributed by atoms with E-state index < -0.39 is 5.97 Å². The highest BCUT2D eigenvalue weighted by Crippen LogP contribution is 2.09. The summed E-state index contributed by atoms with van der Waals surface area (Å²) >= 11 is 1.63. The fourth-order valence-electron chi connectivity index (χ4n) is 1.29. The van der Waals surface area contributed by atoms with Crippen LogP contribution in [0.2, 0.25) is 0 Å². The molecule has 0 bridgehead atoms. The van der Waals surface area contributed by atoms with E-state index in [1.807, 2.05) is 20.1 Å². The Bertz CT molecular complexity index is 221. The van der Waals surface area contributed by atoms with Crippen LogP contribution in [0.4, 0.5) is 0 Å². The van der Waals surface area contributed by atoms with Crippen molar-refractivity contribution in [2.45, 2.75) is 20.3 Å². The minimum absolute atomic E-state index is 0.0194.